The highest BCUT2D eigenvalue weighted by atomic mass is 16.5. The molecular formula is C16H25NO2. The minimum atomic E-state index is 0.154. The van der Waals surface area contributed by atoms with E-state index in [1.54, 1.807) is 7.11 Å². The molecule has 0 spiro atoms. The molecule has 0 saturated carbocycles. The lowest BCUT2D eigenvalue weighted by atomic mass is 9.94. The number of benzene rings is 1. The third kappa shape index (κ3) is 3.95. The predicted molar refractivity (Wildman–Crippen MR) is 77.5 cm³/mol. The van der Waals surface area contributed by atoms with Crippen molar-refractivity contribution in [3.63, 3.8) is 0 Å². The highest BCUT2D eigenvalue weighted by Gasteiger charge is 2.30. The minimum Gasteiger partial charge on any atom is -0.497 e. The Kier molecular flexibility index (Phi) is 4.48. The van der Waals surface area contributed by atoms with Crippen LogP contribution in [0.5, 0.6) is 5.75 Å². The fourth-order valence-corrected chi connectivity index (χ4v) is 2.47. The summed E-state index contributed by atoms with van der Waals surface area (Å²) >= 11 is 0. The van der Waals surface area contributed by atoms with Crippen LogP contribution >= 0.6 is 0 Å². The number of nitrogens with one attached hydrogen (secondary N) is 1. The quantitative estimate of drug-likeness (QED) is 0.905. The molecule has 0 aliphatic carbocycles. The Morgan fingerprint density at radius 3 is 2.84 bits per heavy atom. The van der Waals surface area contributed by atoms with Gasteiger partial charge in [0.25, 0.3) is 0 Å². The van der Waals surface area contributed by atoms with Crippen molar-refractivity contribution in [3.8, 4) is 5.75 Å². The molecule has 1 aliphatic rings. The van der Waals surface area contributed by atoms with Gasteiger partial charge in [-0.25, -0.2) is 0 Å². The van der Waals surface area contributed by atoms with Gasteiger partial charge < -0.3 is 14.8 Å². The first-order chi connectivity index (χ1) is 8.99. The summed E-state index contributed by atoms with van der Waals surface area (Å²) in [6.07, 6.45) is 1.30. The topological polar surface area (TPSA) is 30.5 Å². The van der Waals surface area contributed by atoms with Crippen LogP contribution in [-0.4, -0.2) is 25.8 Å². The zero-order chi connectivity index (χ0) is 13.9. The summed E-state index contributed by atoms with van der Waals surface area (Å²) in [5.41, 5.74) is 1.37. The first-order valence-electron chi connectivity index (χ1n) is 7.00. The maximum absolute atomic E-state index is 5.92. The van der Waals surface area contributed by atoms with Crippen LogP contribution in [0.25, 0.3) is 0 Å². The van der Waals surface area contributed by atoms with E-state index in [0.29, 0.717) is 5.92 Å². The molecule has 0 radical (unpaired) electrons. The van der Waals surface area contributed by atoms with Gasteiger partial charge >= 0.3 is 0 Å². The first-order valence-corrected chi connectivity index (χ1v) is 7.00. The Bertz CT molecular complexity index is 411. The number of hydrogen-bond donors (Lipinski definition) is 1. The summed E-state index contributed by atoms with van der Waals surface area (Å²) in [6, 6.07) is 8.22. The second-order valence-corrected chi connectivity index (χ2v) is 6.25. The van der Waals surface area contributed by atoms with Gasteiger partial charge in [-0.05, 0) is 44.9 Å². The molecule has 2 unspecified atom stereocenters. The largest absolute Gasteiger partial charge is 0.497 e. The number of methoxy groups -OCH3 is 1. The molecule has 0 amide bonds. The second kappa shape index (κ2) is 5.93. The average Bonchev–Trinajstić information content (AvgIpc) is 2.84. The van der Waals surface area contributed by atoms with Gasteiger partial charge in [0, 0.05) is 24.6 Å². The van der Waals surface area contributed by atoms with Gasteiger partial charge in [0.2, 0.25) is 0 Å². The lowest BCUT2D eigenvalue weighted by Gasteiger charge is -2.26. The Morgan fingerprint density at radius 2 is 2.16 bits per heavy atom. The summed E-state index contributed by atoms with van der Waals surface area (Å²) in [5, 5.41) is 3.58. The Balaban J connectivity index is 2.05. The molecule has 0 aromatic heterocycles. The molecule has 19 heavy (non-hydrogen) atoms. The molecule has 1 N–H and O–H groups in total. The van der Waals surface area contributed by atoms with Crippen LogP contribution in [0.2, 0.25) is 0 Å². The maximum Gasteiger partial charge on any atom is 0.119 e. The summed E-state index contributed by atoms with van der Waals surface area (Å²) in [5.74, 6) is 1.43. The van der Waals surface area contributed by atoms with E-state index in [9.17, 15) is 0 Å². The molecule has 3 nitrogen and oxygen atoms in total. The summed E-state index contributed by atoms with van der Waals surface area (Å²) < 4.78 is 11.2. The zero-order valence-electron chi connectivity index (χ0n) is 12.4. The van der Waals surface area contributed by atoms with Gasteiger partial charge in [-0.1, -0.05) is 12.1 Å². The lowest BCUT2D eigenvalue weighted by Crippen LogP contribution is -2.39. The molecule has 106 valence electrons. The number of rotatable bonds is 4. The van der Waals surface area contributed by atoms with Gasteiger partial charge in [0.1, 0.15) is 5.75 Å². The molecule has 1 fully saturated rings. The van der Waals surface area contributed by atoms with Crippen LogP contribution in [0, 0.1) is 5.92 Å². The van der Waals surface area contributed by atoms with E-state index in [2.05, 4.69) is 38.2 Å². The van der Waals surface area contributed by atoms with Gasteiger partial charge in [-0.2, -0.15) is 0 Å². The molecular weight excluding hydrogens is 238 g/mol. The molecule has 1 heterocycles. The van der Waals surface area contributed by atoms with E-state index in [-0.39, 0.29) is 11.6 Å². The normalized spacial score (nSPS) is 23.6. The fraction of sp³-hybridized carbons (Fsp3) is 0.625. The second-order valence-electron chi connectivity index (χ2n) is 6.25. The highest BCUT2D eigenvalue weighted by molar-refractivity contribution is 5.30. The Morgan fingerprint density at radius 1 is 1.37 bits per heavy atom. The van der Waals surface area contributed by atoms with Crippen molar-refractivity contribution in [1.82, 2.24) is 5.32 Å². The van der Waals surface area contributed by atoms with Crippen molar-refractivity contribution in [1.29, 1.82) is 0 Å². The number of hydrogen-bond acceptors (Lipinski definition) is 3. The van der Waals surface area contributed by atoms with Crippen LogP contribution in [0.15, 0.2) is 24.3 Å². The van der Waals surface area contributed by atoms with Crippen molar-refractivity contribution < 1.29 is 9.47 Å². The van der Waals surface area contributed by atoms with Crippen LogP contribution in [-0.2, 0) is 4.74 Å². The van der Waals surface area contributed by atoms with E-state index < -0.39 is 0 Å². The molecule has 1 aromatic rings. The maximum atomic E-state index is 5.92. The molecule has 3 heteroatoms. The van der Waals surface area contributed by atoms with Gasteiger partial charge in [0.05, 0.1) is 13.2 Å². The Hall–Kier alpha value is -1.06. The standard InChI is InChI=1S/C16H25NO2/c1-16(2,3)17-11-13-8-9-19-15(13)12-6-5-7-14(10-12)18-4/h5-7,10,13,15,17H,8-9,11H2,1-4H3. The third-order valence-corrected chi connectivity index (χ3v) is 3.53. The summed E-state index contributed by atoms with van der Waals surface area (Å²) in [6.45, 7) is 8.43. The van der Waals surface area contributed by atoms with E-state index in [4.69, 9.17) is 9.47 Å². The molecule has 2 rings (SSSR count). The van der Waals surface area contributed by atoms with E-state index in [0.717, 1.165) is 25.3 Å². The monoisotopic (exact) mass is 263 g/mol. The van der Waals surface area contributed by atoms with Crippen LogP contribution in [0.1, 0.15) is 38.9 Å². The highest BCUT2D eigenvalue weighted by Crippen LogP contribution is 2.35. The van der Waals surface area contributed by atoms with Crippen LogP contribution in [0.3, 0.4) is 0 Å². The van der Waals surface area contributed by atoms with Crippen molar-refractivity contribution >= 4 is 0 Å². The molecule has 2 atom stereocenters. The van der Waals surface area contributed by atoms with Crippen molar-refractivity contribution in [3.05, 3.63) is 29.8 Å². The molecule has 1 aliphatic heterocycles. The number of ether oxygens (including phenoxy) is 2. The van der Waals surface area contributed by atoms with E-state index in [1.807, 2.05) is 12.1 Å². The predicted octanol–water partition coefficient (Wildman–Crippen LogP) is 3.16. The third-order valence-electron chi connectivity index (χ3n) is 3.53. The fourth-order valence-electron chi connectivity index (χ4n) is 2.47. The minimum absolute atomic E-state index is 0.154. The molecule has 1 aromatic carbocycles. The van der Waals surface area contributed by atoms with E-state index in [1.165, 1.54) is 5.56 Å². The first kappa shape index (κ1) is 14.4. The smallest absolute Gasteiger partial charge is 0.119 e. The van der Waals surface area contributed by atoms with Crippen LogP contribution < -0.4 is 10.1 Å². The zero-order valence-corrected chi connectivity index (χ0v) is 12.4. The van der Waals surface area contributed by atoms with Gasteiger partial charge in [-0.15, -0.1) is 0 Å². The summed E-state index contributed by atoms with van der Waals surface area (Å²) in [7, 11) is 1.70. The van der Waals surface area contributed by atoms with Crippen molar-refractivity contribution in [2.75, 3.05) is 20.3 Å². The molecule has 0 bridgehead atoms. The van der Waals surface area contributed by atoms with Crippen molar-refractivity contribution in [2.45, 2.75) is 38.8 Å². The summed E-state index contributed by atoms with van der Waals surface area (Å²) in [4.78, 5) is 0. The molecule has 1 saturated heterocycles. The SMILES string of the molecule is COc1cccc(C2OCCC2CNC(C)(C)C)c1. The van der Waals surface area contributed by atoms with Gasteiger partial charge in [0.15, 0.2) is 0 Å². The van der Waals surface area contributed by atoms with Crippen molar-refractivity contribution in [2.24, 2.45) is 5.92 Å². The van der Waals surface area contributed by atoms with Gasteiger partial charge in [-0.3, -0.25) is 0 Å². The van der Waals surface area contributed by atoms with Crippen LogP contribution in [0.4, 0.5) is 0 Å². The lowest BCUT2D eigenvalue weighted by molar-refractivity contribution is 0.0887. The Labute approximate surface area is 116 Å². The van der Waals surface area contributed by atoms with E-state index >= 15 is 0 Å². The average molecular weight is 263 g/mol.